The first-order valence-corrected chi connectivity index (χ1v) is 11.9. The van der Waals surface area contributed by atoms with E-state index in [1.54, 1.807) is 7.11 Å². The summed E-state index contributed by atoms with van der Waals surface area (Å²) in [5, 5.41) is 3.48. The third-order valence-electron chi connectivity index (χ3n) is 6.10. The van der Waals surface area contributed by atoms with Crippen LogP contribution in [0.1, 0.15) is 18.9 Å². The molecule has 0 saturated carbocycles. The van der Waals surface area contributed by atoms with Gasteiger partial charge in [0.15, 0.2) is 5.96 Å². The Labute approximate surface area is 188 Å². The molecule has 2 aliphatic rings. The molecule has 1 N–H and O–H groups in total. The Morgan fingerprint density at radius 3 is 2.58 bits per heavy atom. The number of piperazine rings is 1. The number of methoxy groups -OCH3 is 1. The molecule has 2 heterocycles. The quantitative estimate of drug-likeness (QED) is 0.327. The van der Waals surface area contributed by atoms with Crippen molar-refractivity contribution in [2.24, 2.45) is 10.9 Å². The average Bonchev–Trinajstić information content (AvgIpc) is 3.27. The highest BCUT2D eigenvalue weighted by atomic mass is 16.5. The van der Waals surface area contributed by atoms with Crippen LogP contribution in [0.3, 0.4) is 0 Å². The number of hydrogen-bond acceptors (Lipinski definition) is 5. The lowest BCUT2D eigenvalue weighted by molar-refractivity contribution is 0.0536. The van der Waals surface area contributed by atoms with Gasteiger partial charge in [-0.2, -0.15) is 0 Å². The molecule has 2 aliphatic heterocycles. The molecule has 1 atom stereocenters. The van der Waals surface area contributed by atoms with Gasteiger partial charge in [-0.25, -0.2) is 0 Å². The largest absolute Gasteiger partial charge is 0.382 e. The Bertz CT molecular complexity index is 634. The van der Waals surface area contributed by atoms with Crippen LogP contribution in [0, 0.1) is 5.92 Å². The Balaban J connectivity index is 1.36. The molecule has 2 saturated heterocycles. The maximum atomic E-state index is 5.73. The zero-order valence-corrected chi connectivity index (χ0v) is 19.5. The lowest BCUT2D eigenvalue weighted by Crippen LogP contribution is -2.47. The van der Waals surface area contributed by atoms with E-state index in [1.165, 1.54) is 12.0 Å². The maximum absolute atomic E-state index is 5.73. The van der Waals surface area contributed by atoms with Crippen LogP contribution in [0.15, 0.2) is 35.3 Å². The van der Waals surface area contributed by atoms with Crippen LogP contribution in [-0.2, 0) is 16.0 Å². The molecule has 7 nitrogen and oxygen atoms in total. The summed E-state index contributed by atoms with van der Waals surface area (Å²) >= 11 is 0. The number of hydrogen-bond donors (Lipinski definition) is 1. The van der Waals surface area contributed by atoms with Crippen LogP contribution < -0.4 is 5.32 Å². The Kier molecular flexibility index (Phi) is 10.6. The first kappa shape index (κ1) is 24.0. The maximum Gasteiger partial charge on any atom is 0.193 e. The minimum atomic E-state index is 0.582. The first-order valence-electron chi connectivity index (χ1n) is 11.9. The summed E-state index contributed by atoms with van der Waals surface area (Å²) in [5.74, 6) is 1.64. The van der Waals surface area contributed by atoms with Crippen molar-refractivity contribution in [1.29, 1.82) is 0 Å². The molecular weight excluding hydrogens is 390 g/mol. The third kappa shape index (κ3) is 8.41. The standard InChI is InChI=1S/C24H41N5O2/c1-3-25-24(29-11-9-23(20-29)21-31-18-17-30-2)26-10-12-27-13-15-28(16-14-27)19-22-7-5-4-6-8-22/h4-8,23H,3,9-21H2,1-2H3,(H,25,26). The van der Waals surface area contributed by atoms with E-state index >= 15 is 0 Å². The Morgan fingerprint density at radius 1 is 1.06 bits per heavy atom. The van der Waals surface area contributed by atoms with E-state index in [9.17, 15) is 0 Å². The van der Waals surface area contributed by atoms with Gasteiger partial charge in [0, 0.05) is 71.9 Å². The number of nitrogens with zero attached hydrogens (tertiary/aromatic N) is 4. The van der Waals surface area contributed by atoms with Crippen molar-refractivity contribution in [3.05, 3.63) is 35.9 Å². The number of nitrogens with one attached hydrogen (secondary N) is 1. The van der Waals surface area contributed by atoms with Crippen molar-refractivity contribution >= 4 is 5.96 Å². The predicted molar refractivity (Wildman–Crippen MR) is 127 cm³/mol. The Morgan fingerprint density at radius 2 is 1.84 bits per heavy atom. The van der Waals surface area contributed by atoms with Crippen LogP contribution in [-0.4, -0.2) is 106 Å². The van der Waals surface area contributed by atoms with Gasteiger partial charge < -0.3 is 19.7 Å². The monoisotopic (exact) mass is 431 g/mol. The normalized spacial score (nSPS) is 21.0. The Hall–Kier alpha value is -1.67. The highest BCUT2D eigenvalue weighted by Crippen LogP contribution is 2.16. The summed E-state index contributed by atoms with van der Waals surface area (Å²) in [6.45, 7) is 14.8. The number of aliphatic imine (C=N–C) groups is 1. The molecule has 0 amide bonds. The molecule has 0 spiro atoms. The van der Waals surface area contributed by atoms with E-state index < -0.39 is 0 Å². The van der Waals surface area contributed by atoms with E-state index in [0.717, 1.165) is 78.0 Å². The summed E-state index contributed by atoms with van der Waals surface area (Å²) in [7, 11) is 1.71. The number of guanidine groups is 1. The van der Waals surface area contributed by atoms with Gasteiger partial charge in [0.2, 0.25) is 0 Å². The second kappa shape index (κ2) is 13.7. The second-order valence-corrected chi connectivity index (χ2v) is 8.51. The van der Waals surface area contributed by atoms with Gasteiger partial charge in [0.05, 0.1) is 26.4 Å². The second-order valence-electron chi connectivity index (χ2n) is 8.51. The van der Waals surface area contributed by atoms with Crippen LogP contribution in [0.25, 0.3) is 0 Å². The molecule has 174 valence electrons. The minimum Gasteiger partial charge on any atom is -0.382 e. The molecule has 2 fully saturated rings. The summed E-state index contributed by atoms with van der Waals surface area (Å²) < 4.78 is 10.8. The fourth-order valence-corrected chi connectivity index (χ4v) is 4.29. The van der Waals surface area contributed by atoms with Gasteiger partial charge >= 0.3 is 0 Å². The van der Waals surface area contributed by atoms with Crippen LogP contribution >= 0.6 is 0 Å². The van der Waals surface area contributed by atoms with Crippen LogP contribution in [0.4, 0.5) is 0 Å². The SMILES string of the molecule is CCNC(=NCCN1CCN(Cc2ccccc2)CC1)N1CCC(COCCOC)C1. The molecule has 0 radical (unpaired) electrons. The number of ether oxygens (including phenoxy) is 2. The van der Waals surface area contributed by atoms with E-state index in [2.05, 4.69) is 57.3 Å². The van der Waals surface area contributed by atoms with Gasteiger partial charge in [0.1, 0.15) is 0 Å². The minimum absolute atomic E-state index is 0.582. The zero-order valence-electron chi connectivity index (χ0n) is 19.5. The first-order chi connectivity index (χ1) is 15.3. The van der Waals surface area contributed by atoms with E-state index in [4.69, 9.17) is 14.5 Å². The van der Waals surface area contributed by atoms with E-state index in [1.807, 2.05) is 0 Å². The van der Waals surface area contributed by atoms with E-state index in [-0.39, 0.29) is 0 Å². The van der Waals surface area contributed by atoms with Gasteiger partial charge in [-0.3, -0.25) is 14.8 Å². The fourth-order valence-electron chi connectivity index (χ4n) is 4.29. The molecule has 0 aromatic heterocycles. The summed E-state index contributed by atoms with van der Waals surface area (Å²) in [6.07, 6.45) is 1.17. The number of likely N-dealkylation sites (tertiary alicyclic amines) is 1. The van der Waals surface area contributed by atoms with E-state index in [0.29, 0.717) is 19.1 Å². The molecule has 0 bridgehead atoms. The molecule has 3 rings (SSSR count). The molecule has 1 aromatic carbocycles. The average molecular weight is 432 g/mol. The van der Waals surface area contributed by atoms with Gasteiger partial charge in [-0.05, 0) is 18.9 Å². The van der Waals surface area contributed by atoms with Gasteiger partial charge in [-0.15, -0.1) is 0 Å². The molecular formula is C24H41N5O2. The number of benzene rings is 1. The van der Waals surface area contributed by atoms with Crippen molar-refractivity contribution in [2.45, 2.75) is 19.9 Å². The lowest BCUT2D eigenvalue weighted by atomic mass is 10.1. The predicted octanol–water partition coefficient (Wildman–Crippen LogP) is 1.75. The van der Waals surface area contributed by atoms with Crippen molar-refractivity contribution in [2.75, 3.05) is 85.8 Å². The molecule has 31 heavy (non-hydrogen) atoms. The van der Waals surface area contributed by atoms with Crippen molar-refractivity contribution < 1.29 is 9.47 Å². The fraction of sp³-hybridized carbons (Fsp3) is 0.708. The molecule has 7 heteroatoms. The third-order valence-corrected chi connectivity index (χ3v) is 6.10. The van der Waals surface area contributed by atoms with Crippen molar-refractivity contribution in [1.82, 2.24) is 20.0 Å². The summed E-state index contributed by atoms with van der Waals surface area (Å²) in [5.41, 5.74) is 1.41. The molecule has 1 aromatic rings. The van der Waals surface area contributed by atoms with Crippen LogP contribution in [0.2, 0.25) is 0 Å². The summed E-state index contributed by atoms with van der Waals surface area (Å²) in [6, 6.07) is 10.8. The molecule has 0 aliphatic carbocycles. The highest BCUT2D eigenvalue weighted by Gasteiger charge is 2.25. The summed E-state index contributed by atoms with van der Waals surface area (Å²) in [4.78, 5) is 12.4. The highest BCUT2D eigenvalue weighted by molar-refractivity contribution is 5.80. The van der Waals surface area contributed by atoms with Crippen LogP contribution in [0.5, 0.6) is 0 Å². The van der Waals surface area contributed by atoms with Crippen molar-refractivity contribution in [3.63, 3.8) is 0 Å². The van der Waals surface area contributed by atoms with Crippen molar-refractivity contribution in [3.8, 4) is 0 Å². The lowest BCUT2D eigenvalue weighted by Gasteiger charge is -2.34. The zero-order chi connectivity index (χ0) is 21.7. The smallest absolute Gasteiger partial charge is 0.193 e. The topological polar surface area (TPSA) is 52.6 Å². The van der Waals surface area contributed by atoms with Gasteiger partial charge in [-0.1, -0.05) is 30.3 Å². The van der Waals surface area contributed by atoms with Gasteiger partial charge in [0.25, 0.3) is 0 Å². The molecule has 1 unspecified atom stereocenters. The number of rotatable bonds is 11.